The van der Waals surface area contributed by atoms with Gasteiger partial charge in [-0.2, -0.15) is 13.2 Å². The van der Waals surface area contributed by atoms with Gasteiger partial charge in [0.2, 0.25) is 11.8 Å². The van der Waals surface area contributed by atoms with Crippen LogP contribution in [0.25, 0.3) is 16.5 Å². The lowest BCUT2D eigenvalue weighted by Crippen LogP contribution is -2.36. The van der Waals surface area contributed by atoms with Crippen molar-refractivity contribution in [3.8, 4) is 0 Å². The van der Waals surface area contributed by atoms with Crippen molar-refractivity contribution < 1.29 is 22.8 Å². The molecule has 0 fully saturated rings. The van der Waals surface area contributed by atoms with Crippen molar-refractivity contribution in [2.24, 2.45) is 0 Å². The standard InChI is InChI=1S/C27H27F3N4O2/c1-33(2)13-4-6-26(36)34-14-11-19(22-10-8-20(16-24(22)34)27(28,29)30)15-25(35)32-21-9-7-18-5-3-12-31-23(18)17-21/h3,5,7-10,12,15-17H,4,6,11,13-14H2,1-2H3,(H,32,35). The molecule has 0 aliphatic carbocycles. The van der Waals surface area contributed by atoms with Crippen molar-refractivity contribution in [3.05, 3.63) is 71.9 Å². The Kier molecular flexibility index (Phi) is 7.40. The molecule has 0 atom stereocenters. The highest BCUT2D eigenvalue weighted by molar-refractivity contribution is 6.07. The molecule has 4 rings (SSSR count). The Bertz CT molecular complexity index is 1320. The summed E-state index contributed by atoms with van der Waals surface area (Å²) in [7, 11) is 3.79. The molecule has 0 saturated carbocycles. The molecule has 1 aliphatic rings. The van der Waals surface area contributed by atoms with Gasteiger partial charge in [0.1, 0.15) is 0 Å². The first-order valence-corrected chi connectivity index (χ1v) is 11.6. The maximum atomic E-state index is 13.4. The number of aromatic nitrogens is 1. The summed E-state index contributed by atoms with van der Waals surface area (Å²) in [6, 6.07) is 12.4. The van der Waals surface area contributed by atoms with E-state index < -0.39 is 17.6 Å². The van der Waals surface area contributed by atoms with Crippen molar-refractivity contribution in [3.63, 3.8) is 0 Å². The van der Waals surface area contributed by atoms with Crippen LogP contribution in [0.3, 0.4) is 0 Å². The number of benzene rings is 2. The molecule has 36 heavy (non-hydrogen) atoms. The van der Waals surface area contributed by atoms with E-state index in [2.05, 4.69) is 10.3 Å². The van der Waals surface area contributed by atoms with Crippen LogP contribution in [0.4, 0.5) is 24.5 Å². The van der Waals surface area contributed by atoms with E-state index in [1.54, 1.807) is 18.3 Å². The summed E-state index contributed by atoms with van der Waals surface area (Å²) in [4.78, 5) is 33.3. The van der Waals surface area contributed by atoms with E-state index in [9.17, 15) is 22.8 Å². The molecule has 3 aromatic rings. The molecule has 0 bridgehead atoms. The Morgan fingerprint density at radius 2 is 1.94 bits per heavy atom. The van der Waals surface area contributed by atoms with Crippen LogP contribution in [-0.2, 0) is 15.8 Å². The summed E-state index contributed by atoms with van der Waals surface area (Å²) < 4.78 is 40.3. The molecule has 2 heterocycles. The highest BCUT2D eigenvalue weighted by Gasteiger charge is 2.34. The van der Waals surface area contributed by atoms with Crippen LogP contribution in [0.1, 0.15) is 30.4 Å². The highest BCUT2D eigenvalue weighted by atomic mass is 19.4. The Morgan fingerprint density at radius 3 is 2.69 bits per heavy atom. The summed E-state index contributed by atoms with van der Waals surface area (Å²) in [5.74, 6) is -0.638. The van der Waals surface area contributed by atoms with E-state index in [1.165, 1.54) is 17.0 Å². The number of fused-ring (bicyclic) bond motifs is 2. The van der Waals surface area contributed by atoms with Crippen LogP contribution < -0.4 is 10.2 Å². The number of carbonyl (C=O) groups excluding carboxylic acids is 2. The van der Waals surface area contributed by atoms with Crippen molar-refractivity contribution >= 4 is 39.7 Å². The zero-order valence-corrected chi connectivity index (χ0v) is 20.1. The minimum atomic E-state index is -4.54. The van der Waals surface area contributed by atoms with Crippen LogP contribution in [0.2, 0.25) is 0 Å². The molecule has 1 aliphatic heterocycles. The van der Waals surface area contributed by atoms with E-state index in [1.807, 2.05) is 37.2 Å². The van der Waals surface area contributed by atoms with Gasteiger partial charge in [-0.15, -0.1) is 0 Å². The summed E-state index contributed by atoms with van der Waals surface area (Å²) >= 11 is 0. The maximum Gasteiger partial charge on any atom is 0.416 e. The smallest absolute Gasteiger partial charge is 0.322 e. The quantitative estimate of drug-likeness (QED) is 0.467. The predicted molar refractivity (Wildman–Crippen MR) is 135 cm³/mol. The van der Waals surface area contributed by atoms with Crippen molar-refractivity contribution in [2.75, 3.05) is 37.4 Å². The van der Waals surface area contributed by atoms with Gasteiger partial charge in [0, 0.05) is 41.9 Å². The summed E-state index contributed by atoms with van der Waals surface area (Å²) in [6.07, 6.45) is -0.312. The number of rotatable bonds is 6. The second-order valence-electron chi connectivity index (χ2n) is 9.00. The van der Waals surface area contributed by atoms with Gasteiger partial charge in [0.05, 0.1) is 16.8 Å². The SMILES string of the molecule is CN(C)CCCC(=O)N1CCC(=CC(=O)Nc2ccc3cccnc3c2)c2ccc(C(F)(F)F)cc21. The Morgan fingerprint density at radius 1 is 1.14 bits per heavy atom. The van der Waals surface area contributed by atoms with Gasteiger partial charge in [0.25, 0.3) is 0 Å². The maximum absolute atomic E-state index is 13.4. The average Bonchev–Trinajstić information content (AvgIpc) is 2.83. The number of hydrogen-bond acceptors (Lipinski definition) is 4. The molecule has 0 spiro atoms. The average molecular weight is 497 g/mol. The molecular weight excluding hydrogens is 469 g/mol. The molecule has 6 nitrogen and oxygen atoms in total. The number of amides is 2. The van der Waals surface area contributed by atoms with Crippen LogP contribution in [-0.4, -0.2) is 48.9 Å². The largest absolute Gasteiger partial charge is 0.416 e. The molecule has 1 aromatic heterocycles. The van der Waals surface area contributed by atoms with Crippen molar-refractivity contribution in [2.45, 2.75) is 25.4 Å². The summed E-state index contributed by atoms with van der Waals surface area (Å²) in [5, 5.41) is 3.74. The molecular formula is C27H27F3N4O2. The molecule has 2 aromatic carbocycles. The minimum Gasteiger partial charge on any atom is -0.322 e. The Balaban J connectivity index is 1.60. The van der Waals surface area contributed by atoms with E-state index >= 15 is 0 Å². The summed E-state index contributed by atoms with van der Waals surface area (Å²) in [6.45, 7) is 0.902. The Hall–Kier alpha value is -3.72. The van der Waals surface area contributed by atoms with E-state index in [4.69, 9.17) is 0 Å². The number of nitrogens with one attached hydrogen (secondary N) is 1. The van der Waals surface area contributed by atoms with Gasteiger partial charge in [0.15, 0.2) is 0 Å². The number of nitrogens with zero attached hydrogens (tertiary/aromatic N) is 3. The lowest BCUT2D eigenvalue weighted by molar-refractivity contribution is -0.137. The third-order valence-corrected chi connectivity index (χ3v) is 6.04. The number of carbonyl (C=O) groups is 2. The van der Waals surface area contributed by atoms with E-state index in [0.717, 1.165) is 23.0 Å². The van der Waals surface area contributed by atoms with Gasteiger partial charge >= 0.3 is 6.18 Å². The molecule has 188 valence electrons. The van der Waals surface area contributed by atoms with Gasteiger partial charge in [-0.3, -0.25) is 14.6 Å². The number of halogens is 3. The second-order valence-corrected chi connectivity index (χ2v) is 9.00. The molecule has 9 heteroatoms. The van der Waals surface area contributed by atoms with Crippen LogP contribution in [0.5, 0.6) is 0 Å². The molecule has 1 N–H and O–H groups in total. The highest BCUT2D eigenvalue weighted by Crippen LogP contribution is 2.40. The zero-order valence-electron chi connectivity index (χ0n) is 20.1. The van der Waals surface area contributed by atoms with Crippen molar-refractivity contribution in [1.82, 2.24) is 9.88 Å². The third-order valence-electron chi connectivity index (χ3n) is 6.04. The van der Waals surface area contributed by atoms with Gasteiger partial charge in [-0.1, -0.05) is 18.2 Å². The fourth-order valence-electron chi connectivity index (χ4n) is 4.26. The molecule has 0 unspecified atom stereocenters. The van der Waals surface area contributed by atoms with Crippen molar-refractivity contribution in [1.29, 1.82) is 0 Å². The number of hydrogen-bond donors (Lipinski definition) is 1. The first-order valence-electron chi connectivity index (χ1n) is 11.6. The monoisotopic (exact) mass is 496 g/mol. The topological polar surface area (TPSA) is 65.5 Å². The lowest BCUT2D eigenvalue weighted by atomic mass is 9.93. The third kappa shape index (κ3) is 5.91. The van der Waals surface area contributed by atoms with E-state index in [-0.39, 0.29) is 24.6 Å². The van der Waals surface area contributed by atoms with Gasteiger partial charge < -0.3 is 15.1 Å². The van der Waals surface area contributed by atoms with Crippen LogP contribution >= 0.6 is 0 Å². The predicted octanol–water partition coefficient (Wildman–Crippen LogP) is 5.35. The van der Waals surface area contributed by atoms with Crippen LogP contribution in [0, 0.1) is 0 Å². The fourth-order valence-corrected chi connectivity index (χ4v) is 4.26. The number of anilines is 2. The molecule has 0 radical (unpaired) electrons. The normalized spacial score (nSPS) is 14.8. The summed E-state index contributed by atoms with van der Waals surface area (Å²) in [5.41, 5.74) is 1.66. The van der Waals surface area contributed by atoms with Gasteiger partial charge in [-0.05, 0) is 69.4 Å². The van der Waals surface area contributed by atoms with Crippen LogP contribution in [0.15, 0.2) is 60.8 Å². The second kappa shape index (κ2) is 10.5. The Labute approximate surface area is 207 Å². The minimum absolute atomic E-state index is 0.180. The van der Waals surface area contributed by atoms with E-state index in [0.29, 0.717) is 36.2 Å². The first kappa shape index (κ1) is 25.4. The molecule has 2 amide bonds. The van der Waals surface area contributed by atoms with Gasteiger partial charge in [-0.25, -0.2) is 0 Å². The first-order chi connectivity index (χ1) is 17.1. The lowest BCUT2D eigenvalue weighted by Gasteiger charge is -2.32. The molecule has 0 saturated heterocycles. The zero-order chi connectivity index (χ0) is 25.9. The fraction of sp³-hybridized carbons (Fsp3) is 0.296. The number of alkyl halides is 3. The number of pyridine rings is 1.